The summed E-state index contributed by atoms with van der Waals surface area (Å²) in [5.41, 5.74) is 2.64. The predicted molar refractivity (Wildman–Crippen MR) is 66.9 cm³/mol. The number of aliphatic hydroxyl groups is 1. The zero-order valence-electron chi connectivity index (χ0n) is 10.4. The van der Waals surface area contributed by atoms with Gasteiger partial charge in [-0.25, -0.2) is 0 Å². The summed E-state index contributed by atoms with van der Waals surface area (Å²) in [5.74, 6) is 0.184. The van der Waals surface area contributed by atoms with Gasteiger partial charge in [0.05, 0.1) is 6.10 Å². The molecule has 2 unspecified atom stereocenters. The van der Waals surface area contributed by atoms with Gasteiger partial charge < -0.3 is 10.4 Å². The normalized spacial score (nSPS) is 18.2. The summed E-state index contributed by atoms with van der Waals surface area (Å²) in [6.07, 6.45) is 1.31. The molecule has 3 nitrogen and oxygen atoms in total. The fourth-order valence-corrected chi connectivity index (χ4v) is 2.17. The number of hydrogen-bond donors (Lipinski definition) is 2. The van der Waals surface area contributed by atoms with E-state index in [1.165, 1.54) is 0 Å². The van der Waals surface area contributed by atoms with Crippen LogP contribution < -0.4 is 5.32 Å². The van der Waals surface area contributed by atoms with Gasteiger partial charge in [-0.05, 0) is 29.5 Å². The highest BCUT2D eigenvalue weighted by Gasteiger charge is 2.20. The van der Waals surface area contributed by atoms with Gasteiger partial charge in [-0.15, -0.1) is 0 Å². The van der Waals surface area contributed by atoms with E-state index in [9.17, 15) is 9.90 Å². The lowest BCUT2D eigenvalue weighted by atomic mass is 9.91. The summed E-state index contributed by atoms with van der Waals surface area (Å²) in [5, 5.41) is 13.0. The van der Waals surface area contributed by atoms with Crippen LogP contribution in [0.1, 0.15) is 47.9 Å². The molecule has 0 bridgehead atoms. The monoisotopic (exact) mass is 233 g/mol. The topological polar surface area (TPSA) is 49.3 Å². The fourth-order valence-electron chi connectivity index (χ4n) is 2.17. The largest absolute Gasteiger partial charge is 0.388 e. The number of rotatable bonds is 3. The second kappa shape index (κ2) is 4.88. The van der Waals surface area contributed by atoms with Gasteiger partial charge in [0.1, 0.15) is 0 Å². The van der Waals surface area contributed by atoms with E-state index in [1.54, 1.807) is 0 Å². The Labute approximate surface area is 102 Å². The lowest BCUT2D eigenvalue weighted by molar-refractivity contribution is 0.0944. The van der Waals surface area contributed by atoms with E-state index in [-0.39, 0.29) is 11.8 Å². The van der Waals surface area contributed by atoms with Crippen molar-refractivity contribution >= 4 is 5.91 Å². The highest BCUT2D eigenvalue weighted by Crippen LogP contribution is 2.26. The van der Waals surface area contributed by atoms with E-state index in [0.29, 0.717) is 6.54 Å². The quantitative estimate of drug-likeness (QED) is 0.839. The summed E-state index contributed by atoms with van der Waals surface area (Å²) in [6, 6.07) is 5.74. The molecule has 2 N–H and O–H groups in total. The molecule has 0 spiro atoms. The van der Waals surface area contributed by atoms with Crippen molar-refractivity contribution in [2.45, 2.75) is 32.8 Å². The SMILES string of the molecule is CCC(C)C(O)c1ccc2c(c1)C(=O)NCC2. The summed E-state index contributed by atoms with van der Waals surface area (Å²) < 4.78 is 0. The minimum absolute atomic E-state index is 0.0237. The van der Waals surface area contributed by atoms with E-state index in [2.05, 4.69) is 12.2 Å². The Kier molecular flexibility index (Phi) is 3.48. The van der Waals surface area contributed by atoms with Crippen LogP contribution in [0.15, 0.2) is 18.2 Å². The number of benzene rings is 1. The van der Waals surface area contributed by atoms with Crippen LogP contribution in [0, 0.1) is 5.92 Å². The number of aliphatic hydroxyl groups excluding tert-OH is 1. The minimum Gasteiger partial charge on any atom is -0.388 e. The third-order valence-corrected chi connectivity index (χ3v) is 3.58. The lowest BCUT2D eigenvalue weighted by Gasteiger charge is -2.21. The summed E-state index contributed by atoms with van der Waals surface area (Å²) >= 11 is 0. The molecular weight excluding hydrogens is 214 g/mol. The maximum absolute atomic E-state index is 11.7. The van der Waals surface area contributed by atoms with Crippen molar-refractivity contribution in [3.63, 3.8) is 0 Å². The second-order valence-electron chi connectivity index (χ2n) is 4.75. The van der Waals surface area contributed by atoms with Crippen LogP contribution in [-0.2, 0) is 6.42 Å². The fraction of sp³-hybridized carbons (Fsp3) is 0.500. The Hall–Kier alpha value is -1.35. The number of carbonyl (C=O) groups excluding carboxylic acids is 1. The molecule has 3 heteroatoms. The Morgan fingerprint density at radius 1 is 1.47 bits per heavy atom. The van der Waals surface area contributed by atoms with E-state index < -0.39 is 6.10 Å². The van der Waals surface area contributed by atoms with Gasteiger partial charge in [-0.3, -0.25) is 4.79 Å². The maximum Gasteiger partial charge on any atom is 0.251 e. The van der Waals surface area contributed by atoms with Gasteiger partial charge in [-0.2, -0.15) is 0 Å². The van der Waals surface area contributed by atoms with Crippen LogP contribution in [0.4, 0.5) is 0 Å². The zero-order valence-corrected chi connectivity index (χ0v) is 10.4. The Morgan fingerprint density at radius 3 is 2.94 bits per heavy atom. The van der Waals surface area contributed by atoms with Crippen LogP contribution in [0.2, 0.25) is 0 Å². The summed E-state index contributed by atoms with van der Waals surface area (Å²) in [7, 11) is 0. The molecule has 1 amide bonds. The number of hydrogen-bond acceptors (Lipinski definition) is 2. The molecule has 0 aliphatic carbocycles. The van der Waals surface area contributed by atoms with Crippen molar-refractivity contribution in [2.75, 3.05) is 6.54 Å². The van der Waals surface area contributed by atoms with E-state index in [0.717, 1.165) is 29.5 Å². The Bertz CT molecular complexity index is 428. The van der Waals surface area contributed by atoms with E-state index in [4.69, 9.17) is 0 Å². The molecule has 92 valence electrons. The average Bonchev–Trinajstić information content (AvgIpc) is 2.37. The lowest BCUT2D eigenvalue weighted by Crippen LogP contribution is -2.32. The summed E-state index contributed by atoms with van der Waals surface area (Å²) in [6.45, 7) is 4.78. The van der Waals surface area contributed by atoms with Crippen molar-refractivity contribution in [3.8, 4) is 0 Å². The smallest absolute Gasteiger partial charge is 0.251 e. The van der Waals surface area contributed by atoms with Gasteiger partial charge in [0.2, 0.25) is 0 Å². The van der Waals surface area contributed by atoms with Gasteiger partial charge in [0.15, 0.2) is 0 Å². The third kappa shape index (κ3) is 2.34. The van der Waals surface area contributed by atoms with Crippen molar-refractivity contribution in [1.82, 2.24) is 5.32 Å². The Morgan fingerprint density at radius 2 is 2.24 bits per heavy atom. The number of carbonyl (C=O) groups is 1. The summed E-state index contributed by atoms with van der Waals surface area (Å²) in [4.78, 5) is 11.7. The molecule has 2 rings (SSSR count). The van der Waals surface area contributed by atoms with Gasteiger partial charge in [-0.1, -0.05) is 32.4 Å². The Balaban J connectivity index is 2.32. The van der Waals surface area contributed by atoms with Crippen molar-refractivity contribution in [2.24, 2.45) is 5.92 Å². The molecule has 1 heterocycles. The molecule has 1 aliphatic rings. The molecule has 1 aliphatic heterocycles. The van der Waals surface area contributed by atoms with Crippen LogP contribution in [0.3, 0.4) is 0 Å². The van der Waals surface area contributed by atoms with Crippen molar-refractivity contribution in [1.29, 1.82) is 0 Å². The molecule has 1 aromatic carbocycles. The molecule has 0 fully saturated rings. The maximum atomic E-state index is 11.7. The minimum atomic E-state index is -0.486. The first-order chi connectivity index (χ1) is 8.13. The molecule has 1 aromatic rings. The first kappa shape index (κ1) is 12.1. The highest BCUT2D eigenvalue weighted by molar-refractivity contribution is 5.96. The van der Waals surface area contributed by atoms with Crippen molar-refractivity contribution < 1.29 is 9.90 Å². The molecular formula is C14H19NO2. The predicted octanol–water partition coefficient (Wildman–Crippen LogP) is 2.05. The van der Waals surface area contributed by atoms with Gasteiger partial charge in [0, 0.05) is 12.1 Å². The van der Waals surface area contributed by atoms with Crippen molar-refractivity contribution in [3.05, 3.63) is 34.9 Å². The molecule has 0 radical (unpaired) electrons. The highest BCUT2D eigenvalue weighted by atomic mass is 16.3. The van der Waals surface area contributed by atoms with E-state index >= 15 is 0 Å². The van der Waals surface area contributed by atoms with Gasteiger partial charge in [0.25, 0.3) is 5.91 Å². The first-order valence-corrected chi connectivity index (χ1v) is 6.22. The molecule has 2 atom stereocenters. The number of nitrogens with one attached hydrogen (secondary N) is 1. The molecule has 0 saturated heterocycles. The molecule has 0 aromatic heterocycles. The van der Waals surface area contributed by atoms with Crippen LogP contribution in [0.25, 0.3) is 0 Å². The molecule has 0 saturated carbocycles. The molecule has 17 heavy (non-hydrogen) atoms. The third-order valence-electron chi connectivity index (χ3n) is 3.58. The number of amides is 1. The number of fused-ring (bicyclic) bond motifs is 1. The van der Waals surface area contributed by atoms with Crippen LogP contribution in [-0.4, -0.2) is 17.6 Å². The second-order valence-corrected chi connectivity index (χ2v) is 4.75. The standard InChI is InChI=1S/C14H19NO2/c1-3-9(2)13(16)11-5-4-10-6-7-15-14(17)12(10)8-11/h4-5,8-9,13,16H,3,6-7H2,1-2H3,(H,15,17). The van der Waals surface area contributed by atoms with Gasteiger partial charge >= 0.3 is 0 Å². The first-order valence-electron chi connectivity index (χ1n) is 6.22. The average molecular weight is 233 g/mol. The van der Waals surface area contributed by atoms with Crippen LogP contribution >= 0.6 is 0 Å². The zero-order chi connectivity index (χ0) is 12.4. The van der Waals surface area contributed by atoms with Crippen LogP contribution in [0.5, 0.6) is 0 Å². The van der Waals surface area contributed by atoms with E-state index in [1.807, 2.05) is 25.1 Å².